The summed E-state index contributed by atoms with van der Waals surface area (Å²) in [7, 11) is 0. The molecule has 2 N–H and O–H groups in total. The molecule has 0 radical (unpaired) electrons. The Morgan fingerprint density at radius 3 is 2.33 bits per heavy atom. The topological polar surface area (TPSA) is 29.3 Å². The van der Waals surface area contributed by atoms with Crippen molar-refractivity contribution in [3.05, 3.63) is 71.8 Å². The number of hydrogen-bond acceptors (Lipinski definition) is 2. The molecule has 2 heteroatoms. The van der Waals surface area contributed by atoms with E-state index >= 15 is 0 Å². The molecule has 0 aromatic heterocycles. The first-order valence-electron chi connectivity index (χ1n) is 7.92. The maximum atomic E-state index is 6.04. The molecule has 2 atom stereocenters. The van der Waals surface area contributed by atoms with Crippen LogP contribution >= 0.6 is 0 Å². The highest BCUT2D eigenvalue weighted by molar-refractivity contribution is 5.22. The summed E-state index contributed by atoms with van der Waals surface area (Å²) in [4.78, 5) is 2.61. The van der Waals surface area contributed by atoms with E-state index in [2.05, 4.69) is 65.6 Å². The second kappa shape index (κ2) is 6.88. The van der Waals surface area contributed by atoms with Crippen molar-refractivity contribution in [1.82, 2.24) is 4.90 Å². The van der Waals surface area contributed by atoms with Gasteiger partial charge in [0.15, 0.2) is 0 Å². The maximum absolute atomic E-state index is 6.04. The van der Waals surface area contributed by atoms with Gasteiger partial charge in [-0.2, -0.15) is 0 Å². The third kappa shape index (κ3) is 3.34. The van der Waals surface area contributed by atoms with E-state index in [1.54, 1.807) is 0 Å². The van der Waals surface area contributed by atoms with Crippen molar-refractivity contribution in [2.75, 3.05) is 19.6 Å². The van der Waals surface area contributed by atoms with Crippen LogP contribution in [0.3, 0.4) is 0 Å². The summed E-state index contributed by atoms with van der Waals surface area (Å²) >= 11 is 0. The number of benzene rings is 2. The summed E-state index contributed by atoms with van der Waals surface area (Å²) in [6, 6.07) is 22.1. The van der Waals surface area contributed by atoms with E-state index in [9.17, 15) is 0 Å². The van der Waals surface area contributed by atoms with Gasteiger partial charge in [0.05, 0.1) is 0 Å². The Bertz CT molecular complexity index is 538. The highest BCUT2D eigenvalue weighted by Gasteiger charge is 2.27. The van der Waals surface area contributed by atoms with Gasteiger partial charge in [0.1, 0.15) is 0 Å². The van der Waals surface area contributed by atoms with Crippen molar-refractivity contribution in [3.8, 4) is 0 Å². The lowest BCUT2D eigenvalue weighted by atomic mass is 9.97. The molecule has 1 heterocycles. The molecule has 2 nitrogen and oxygen atoms in total. The minimum Gasteiger partial charge on any atom is -0.330 e. The third-order valence-electron chi connectivity index (χ3n) is 4.56. The average molecular weight is 280 g/mol. The quantitative estimate of drug-likeness (QED) is 0.907. The molecule has 1 fully saturated rings. The molecule has 110 valence electrons. The van der Waals surface area contributed by atoms with Crippen LogP contribution in [0.4, 0.5) is 0 Å². The van der Waals surface area contributed by atoms with Gasteiger partial charge in [0.2, 0.25) is 0 Å². The zero-order chi connectivity index (χ0) is 14.5. The van der Waals surface area contributed by atoms with Gasteiger partial charge in [-0.05, 0) is 30.5 Å². The van der Waals surface area contributed by atoms with Crippen LogP contribution in [0.25, 0.3) is 0 Å². The molecule has 2 aromatic carbocycles. The SMILES string of the molecule is NCC(CN1CCCC1c1ccccc1)c1ccccc1. The molecule has 2 aromatic rings. The number of rotatable bonds is 5. The summed E-state index contributed by atoms with van der Waals surface area (Å²) in [5.74, 6) is 0.426. The first-order chi connectivity index (χ1) is 10.4. The van der Waals surface area contributed by atoms with Crippen molar-refractivity contribution in [2.24, 2.45) is 5.73 Å². The molecule has 0 aliphatic carbocycles. The Hall–Kier alpha value is -1.64. The summed E-state index contributed by atoms with van der Waals surface area (Å²) in [5.41, 5.74) is 8.84. The number of hydrogen-bond donors (Lipinski definition) is 1. The zero-order valence-electron chi connectivity index (χ0n) is 12.5. The van der Waals surface area contributed by atoms with Crippen molar-refractivity contribution in [1.29, 1.82) is 0 Å². The molecule has 0 amide bonds. The van der Waals surface area contributed by atoms with Gasteiger partial charge in [0.25, 0.3) is 0 Å². The van der Waals surface area contributed by atoms with Gasteiger partial charge in [-0.25, -0.2) is 0 Å². The summed E-state index contributed by atoms with van der Waals surface area (Å²) in [6.45, 7) is 2.95. The highest BCUT2D eigenvalue weighted by Crippen LogP contribution is 2.33. The fraction of sp³-hybridized carbons (Fsp3) is 0.368. The van der Waals surface area contributed by atoms with E-state index in [0.29, 0.717) is 18.5 Å². The Morgan fingerprint density at radius 2 is 1.67 bits per heavy atom. The molecule has 1 aliphatic rings. The summed E-state index contributed by atoms with van der Waals surface area (Å²) in [6.07, 6.45) is 2.54. The Labute approximate surface area is 127 Å². The monoisotopic (exact) mass is 280 g/mol. The largest absolute Gasteiger partial charge is 0.330 e. The van der Waals surface area contributed by atoms with Gasteiger partial charge in [0, 0.05) is 25.0 Å². The minimum absolute atomic E-state index is 0.426. The van der Waals surface area contributed by atoms with Gasteiger partial charge in [-0.1, -0.05) is 60.7 Å². The second-order valence-electron chi connectivity index (χ2n) is 5.91. The van der Waals surface area contributed by atoms with E-state index in [1.165, 1.54) is 30.5 Å². The molecule has 0 saturated carbocycles. The average Bonchev–Trinajstić information content (AvgIpc) is 3.02. The van der Waals surface area contributed by atoms with Gasteiger partial charge < -0.3 is 5.73 Å². The number of nitrogens with zero attached hydrogens (tertiary/aromatic N) is 1. The van der Waals surface area contributed by atoms with Gasteiger partial charge >= 0.3 is 0 Å². The molecule has 3 rings (SSSR count). The van der Waals surface area contributed by atoms with Crippen LogP contribution in [0.1, 0.15) is 35.9 Å². The van der Waals surface area contributed by atoms with Crippen LogP contribution in [-0.2, 0) is 0 Å². The Morgan fingerprint density at radius 1 is 1.00 bits per heavy atom. The predicted octanol–water partition coefficient (Wildman–Crippen LogP) is 3.57. The standard InChI is InChI=1S/C19H24N2/c20-14-18(16-8-3-1-4-9-16)15-21-13-7-12-19(21)17-10-5-2-6-11-17/h1-6,8-11,18-19H,7,12-15,20H2. The van der Waals surface area contributed by atoms with Crippen molar-refractivity contribution in [3.63, 3.8) is 0 Å². The molecule has 1 saturated heterocycles. The first kappa shape index (κ1) is 14.3. The van der Waals surface area contributed by atoms with E-state index < -0.39 is 0 Å². The fourth-order valence-corrected chi connectivity index (χ4v) is 3.42. The van der Waals surface area contributed by atoms with Gasteiger partial charge in [-0.15, -0.1) is 0 Å². The molecule has 0 bridgehead atoms. The van der Waals surface area contributed by atoms with E-state index in [-0.39, 0.29) is 0 Å². The van der Waals surface area contributed by atoms with Crippen LogP contribution in [0, 0.1) is 0 Å². The lowest BCUT2D eigenvalue weighted by Crippen LogP contribution is -2.31. The van der Waals surface area contributed by atoms with E-state index in [1.807, 2.05) is 0 Å². The molecular weight excluding hydrogens is 256 g/mol. The highest BCUT2D eigenvalue weighted by atomic mass is 15.2. The molecule has 2 unspecified atom stereocenters. The van der Waals surface area contributed by atoms with Crippen molar-refractivity contribution >= 4 is 0 Å². The molecular formula is C19H24N2. The number of nitrogens with two attached hydrogens (primary N) is 1. The van der Waals surface area contributed by atoms with Crippen LogP contribution in [0.5, 0.6) is 0 Å². The van der Waals surface area contributed by atoms with E-state index in [4.69, 9.17) is 5.73 Å². The lowest BCUT2D eigenvalue weighted by Gasteiger charge is -2.29. The van der Waals surface area contributed by atoms with Crippen LogP contribution in [0.15, 0.2) is 60.7 Å². The third-order valence-corrected chi connectivity index (χ3v) is 4.56. The first-order valence-corrected chi connectivity index (χ1v) is 7.92. The second-order valence-corrected chi connectivity index (χ2v) is 5.91. The fourth-order valence-electron chi connectivity index (χ4n) is 3.42. The number of likely N-dealkylation sites (tertiary alicyclic amines) is 1. The minimum atomic E-state index is 0.426. The molecule has 21 heavy (non-hydrogen) atoms. The molecule has 0 spiro atoms. The van der Waals surface area contributed by atoms with E-state index in [0.717, 1.165) is 6.54 Å². The lowest BCUT2D eigenvalue weighted by molar-refractivity contribution is 0.241. The van der Waals surface area contributed by atoms with Crippen molar-refractivity contribution < 1.29 is 0 Å². The Kier molecular flexibility index (Phi) is 4.69. The maximum Gasteiger partial charge on any atom is 0.0348 e. The van der Waals surface area contributed by atoms with Crippen LogP contribution in [0.2, 0.25) is 0 Å². The Balaban J connectivity index is 1.74. The molecule has 1 aliphatic heterocycles. The smallest absolute Gasteiger partial charge is 0.0348 e. The summed E-state index contributed by atoms with van der Waals surface area (Å²) < 4.78 is 0. The summed E-state index contributed by atoms with van der Waals surface area (Å²) in [5, 5.41) is 0. The van der Waals surface area contributed by atoms with Crippen molar-refractivity contribution in [2.45, 2.75) is 24.8 Å². The predicted molar refractivity (Wildman–Crippen MR) is 88.2 cm³/mol. The van der Waals surface area contributed by atoms with Gasteiger partial charge in [-0.3, -0.25) is 4.90 Å². The zero-order valence-corrected chi connectivity index (χ0v) is 12.5. The van der Waals surface area contributed by atoms with Crippen LogP contribution < -0.4 is 5.73 Å². The normalized spacial score (nSPS) is 20.5. The van der Waals surface area contributed by atoms with Crippen LogP contribution in [-0.4, -0.2) is 24.5 Å².